The van der Waals surface area contributed by atoms with Crippen LogP contribution in [0.25, 0.3) is 0 Å². The Labute approximate surface area is 114 Å². The van der Waals surface area contributed by atoms with Gasteiger partial charge in [0.1, 0.15) is 5.75 Å². The van der Waals surface area contributed by atoms with Crippen LogP contribution in [-0.2, 0) is 4.79 Å². The molecule has 0 radical (unpaired) electrons. The second kappa shape index (κ2) is 6.57. The molecule has 104 valence electrons. The molecule has 19 heavy (non-hydrogen) atoms. The maximum absolute atomic E-state index is 12.0. The predicted octanol–water partition coefficient (Wildman–Crippen LogP) is 1.66. The fourth-order valence-electron chi connectivity index (χ4n) is 2.23. The quantitative estimate of drug-likeness (QED) is 0.897. The SMILES string of the molecule is C[C@@H](Oc1ccccc1)C(=O)NC1CCN(C)CC1. The van der Waals surface area contributed by atoms with E-state index < -0.39 is 6.10 Å². The highest BCUT2D eigenvalue weighted by Crippen LogP contribution is 2.12. The van der Waals surface area contributed by atoms with Crippen LogP contribution in [0.4, 0.5) is 0 Å². The van der Waals surface area contributed by atoms with E-state index in [1.54, 1.807) is 6.92 Å². The first-order valence-electron chi connectivity index (χ1n) is 6.86. The molecule has 4 heteroatoms. The van der Waals surface area contributed by atoms with Crippen LogP contribution in [-0.4, -0.2) is 43.1 Å². The molecule has 0 unspecified atom stereocenters. The number of benzene rings is 1. The summed E-state index contributed by atoms with van der Waals surface area (Å²) in [5.74, 6) is 0.701. The van der Waals surface area contributed by atoms with Crippen molar-refractivity contribution < 1.29 is 9.53 Å². The summed E-state index contributed by atoms with van der Waals surface area (Å²) in [4.78, 5) is 14.3. The smallest absolute Gasteiger partial charge is 0.260 e. The van der Waals surface area contributed by atoms with E-state index in [-0.39, 0.29) is 11.9 Å². The van der Waals surface area contributed by atoms with Gasteiger partial charge in [0.25, 0.3) is 5.91 Å². The van der Waals surface area contributed by atoms with Crippen molar-refractivity contribution in [3.05, 3.63) is 30.3 Å². The molecular weight excluding hydrogens is 240 g/mol. The topological polar surface area (TPSA) is 41.6 Å². The van der Waals surface area contributed by atoms with Gasteiger partial charge in [-0.2, -0.15) is 0 Å². The Balaban J connectivity index is 1.79. The van der Waals surface area contributed by atoms with Gasteiger partial charge in [-0.05, 0) is 52.0 Å². The maximum atomic E-state index is 12.0. The summed E-state index contributed by atoms with van der Waals surface area (Å²) in [5, 5.41) is 3.07. The number of para-hydroxylation sites is 1. The molecule has 0 aromatic heterocycles. The van der Waals surface area contributed by atoms with Crippen LogP contribution in [0.3, 0.4) is 0 Å². The minimum Gasteiger partial charge on any atom is -0.481 e. The first kappa shape index (κ1) is 13.9. The summed E-state index contributed by atoms with van der Waals surface area (Å²) >= 11 is 0. The number of nitrogens with zero attached hydrogens (tertiary/aromatic N) is 1. The third-order valence-electron chi connectivity index (χ3n) is 3.49. The van der Waals surface area contributed by atoms with Gasteiger partial charge in [-0.3, -0.25) is 4.79 Å². The summed E-state index contributed by atoms with van der Waals surface area (Å²) in [5.41, 5.74) is 0. The Morgan fingerprint density at radius 2 is 1.95 bits per heavy atom. The van der Waals surface area contributed by atoms with E-state index in [0.717, 1.165) is 31.7 Å². The van der Waals surface area contributed by atoms with Gasteiger partial charge in [0.15, 0.2) is 6.10 Å². The minimum absolute atomic E-state index is 0.0293. The Kier molecular flexibility index (Phi) is 4.80. The van der Waals surface area contributed by atoms with Crippen LogP contribution in [0.5, 0.6) is 5.75 Å². The third-order valence-corrected chi connectivity index (χ3v) is 3.49. The Bertz CT molecular complexity index is 400. The van der Waals surface area contributed by atoms with Gasteiger partial charge in [-0.1, -0.05) is 18.2 Å². The summed E-state index contributed by atoms with van der Waals surface area (Å²) in [6.45, 7) is 3.87. The van der Waals surface area contributed by atoms with Crippen LogP contribution in [0.1, 0.15) is 19.8 Å². The molecule has 1 heterocycles. The molecule has 0 saturated carbocycles. The molecular formula is C15H22N2O2. The lowest BCUT2D eigenvalue weighted by Gasteiger charge is -2.30. The molecule has 1 N–H and O–H groups in total. The summed E-state index contributed by atoms with van der Waals surface area (Å²) < 4.78 is 5.62. The van der Waals surface area contributed by atoms with E-state index >= 15 is 0 Å². The highest BCUT2D eigenvalue weighted by atomic mass is 16.5. The van der Waals surface area contributed by atoms with E-state index in [0.29, 0.717) is 0 Å². The van der Waals surface area contributed by atoms with Crippen molar-refractivity contribution in [2.24, 2.45) is 0 Å². The normalized spacial score (nSPS) is 18.8. The molecule has 1 amide bonds. The Morgan fingerprint density at radius 3 is 2.58 bits per heavy atom. The van der Waals surface area contributed by atoms with Crippen molar-refractivity contribution >= 4 is 5.91 Å². The molecule has 1 aromatic carbocycles. The molecule has 1 aliphatic rings. The average molecular weight is 262 g/mol. The maximum Gasteiger partial charge on any atom is 0.260 e. The molecule has 0 spiro atoms. The number of ether oxygens (including phenoxy) is 1. The van der Waals surface area contributed by atoms with E-state index in [2.05, 4.69) is 17.3 Å². The Hall–Kier alpha value is -1.55. The lowest BCUT2D eigenvalue weighted by Crippen LogP contribution is -2.47. The summed E-state index contributed by atoms with van der Waals surface area (Å²) in [7, 11) is 2.11. The fraction of sp³-hybridized carbons (Fsp3) is 0.533. The number of hydrogen-bond acceptors (Lipinski definition) is 3. The van der Waals surface area contributed by atoms with Crippen LogP contribution in [0.15, 0.2) is 30.3 Å². The minimum atomic E-state index is -0.456. The van der Waals surface area contributed by atoms with Gasteiger partial charge in [-0.25, -0.2) is 0 Å². The zero-order chi connectivity index (χ0) is 13.7. The predicted molar refractivity (Wildman–Crippen MR) is 75.2 cm³/mol. The average Bonchev–Trinajstić information content (AvgIpc) is 2.42. The van der Waals surface area contributed by atoms with E-state index in [1.807, 2.05) is 30.3 Å². The largest absolute Gasteiger partial charge is 0.481 e. The molecule has 0 aliphatic carbocycles. The van der Waals surface area contributed by atoms with Crippen molar-refractivity contribution in [2.75, 3.05) is 20.1 Å². The van der Waals surface area contributed by atoms with Crippen molar-refractivity contribution in [3.63, 3.8) is 0 Å². The number of carbonyl (C=O) groups excluding carboxylic acids is 1. The first-order valence-corrected chi connectivity index (χ1v) is 6.86. The van der Waals surface area contributed by atoms with Crippen molar-refractivity contribution in [1.82, 2.24) is 10.2 Å². The number of nitrogens with one attached hydrogen (secondary N) is 1. The summed E-state index contributed by atoms with van der Waals surface area (Å²) in [6.07, 6.45) is 1.57. The van der Waals surface area contributed by atoms with Crippen LogP contribution < -0.4 is 10.1 Å². The van der Waals surface area contributed by atoms with Crippen LogP contribution in [0.2, 0.25) is 0 Å². The van der Waals surface area contributed by atoms with Crippen molar-refractivity contribution in [3.8, 4) is 5.75 Å². The molecule has 2 rings (SSSR count). The lowest BCUT2D eigenvalue weighted by atomic mass is 10.1. The van der Waals surface area contributed by atoms with Crippen molar-refractivity contribution in [2.45, 2.75) is 31.9 Å². The summed E-state index contributed by atoms with van der Waals surface area (Å²) in [6, 6.07) is 9.73. The molecule has 1 aliphatic heterocycles. The van der Waals surface area contributed by atoms with Gasteiger partial charge >= 0.3 is 0 Å². The number of hydrogen-bond donors (Lipinski definition) is 1. The zero-order valence-electron chi connectivity index (χ0n) is 11.6. The zero-order valence-corrected chi connectivity index (χ0v) is 11.6. The highest BCUT2D eigenvalue weighted by Gasteiger charge is 2.22. The van der Waals surface area contributed by atoms with Gasteiger partial charge < -0.3 is 15.0 Å². The molecule has 0 bridgehead atoms. The number of amides is 1. The van der Waals surface area contributed by atoms with Gasteiger partial charge in [-0.15, -0.1) is 0 Å². The molecule has 1 fully saturated rings. The molecule has 4 nitrogen and oxygen atoms in total. The van der Waals surface area contributed by atoms with Gasteiger partial charge in [0.2, 0.25) is 0 Å². The van der Waals surface area contributed by atoms with Crippen LogP contribution in [0, 0.1) is 0 Å². The van der Waals surface area contributed by atoms with Gasteiger partial charge in [0.05, 0.1) is 0 Å². The second-order valence-electron chi connectivity index (χ2n) is 5.16. The second-order valence-corrected chi connectivity index (χ2v) is 5.16. The van der Waals surface area contributed by atoms with Crippen LogP contribution >= 0.6 is 0 Å². The fourth-order valence-corrected chi connectivity index (χ4v) is 2.23. The number of carbonyl (C=O) groups is 1. The van der Waals surface area contributed by atoms with E-state index in [1.165, 1.54) is 0 Å². The molecule has 1 saturated heterocycles. The Morgan fingerprint density at radius 1 is 1.32 bits per heavy atom. The van der Waals surface area contributed by atoms with E-state index in [9.17, 15) is 4.79 Å². The first-order chi connectivity index (χ1) is 9.15. The number of rotatable bonds is 4. The standard InChI is InChI=1S/C15H22N2O2/c1-12(19-14-6-4-3-5-7-14)15(18)16-13-8-10-17(2)11-9-13/h3-7,12-13H,8-11H2,1-2H3,(H,16,18)/t12-/m1/s1. The van der Waals surface area contributed by atoms with Gasteiger partial charge in [0, 0.05) is 6.04 Å². The molecule has 1 atom stereocenters. The third kappa shape index (κ3) is 4.24. The van der Waals surface area contributed by atoms with Crippen molar-refractivity contribution in [1.29, 1.82) is 0 Å². The number of piperidine rings is 1. The number of likely N-dealkylation sites (tertiary alicyclic amines) is 1. The van der Waals surface area contributed by atoms with E-state index in [4.69, 9.17) is 4.74 Å². The monoisotopic (exact) mass is 262 g/mol. The molecule has 1 aromatic rings. The lowest BCUT2D eigenvalue weighted by molar-refractivity contribution is -0.128. The highest BCUT2D eigenvalue weighted by molar-refractivity contribution is 5.81.